The Kier molecular flexibility index (Phi) is 5.20. The van der Waals surface area contributed by atoms with Gasteiger partial charge in [0, 0.05) is 19.3 Å². The fourth-order valence-corrected chi connectivity index (χ4v) is 2.67. The molecule has 0 aliphatic carbocycles. The normalized spacial score (nSPS) is 10.3. The number of hydrogen-bond donors (Lipinski definition) is 1. The fourth-order valence-electron chi connectivity index (χ4n) is 1.92. The Hall–Kier alpha value is -1.59. The van der Waals surface area contributed by atoms with Crippen molar-refractivity contribution < 1.29 is 0 Å². The van der Waals surface area contributed by atoms with Crippen LogP contribution in [-0.4, -0.2) is 23.6 Å². The van der Waals surface area contributed by atoms with E-state index in [4.69, 9.17) is 11.6 Å². The molecule has 110 valence electrons. The van der Waals surface area contributed by atoms with E-state index in [-0.39, 0.29) is 5.28 Å². The Morgan fingerprint density at radius 1 is 1.33 bits per heavy atom. The molecule has 0 bridgehead atoms. The molecule has 1 aromatic heterocycles. The van der Waals surface area contributed by atoms with Gasteiger partial charge in [0.15, 0.2) is 5.82 Å². The van der Waals surface area contributed by atoms with Crippen molar-refractivity contribution in [2.24, 2.45) is 0 Å². The van der Waals surface area contributed by atoms with Gasteiger partial charge in [0.05, 0.1) is 0 Å². The van der Waals surface area contributed by atoms with Gasteiger partial charge in [-0.1, -0.05) is 30.4 Å². The number of nitrogens with zero attached hydrogens (tertiary/aromatic N) is 3. The van der Waals surface area contributed by atoms with Gasteiger partial charge in [0.2, 0.25) is 5.28 Å². The number of anilines is 3. The van der Waals surface area contributed by atoms with Gasteiger partial charge in [0.25, 0.3) is 0 Å². The lowest BCUT2D eigenvalue weighted by molar-refractivity contribution is 0.983. The maximum atomic E-state index is 6.04. The predicted molar refractivity (Wildman–Crippen MR) is 92.6 cm³/mol. The summed E-state index contributed by atoms with van der Waals surface area (Å²) in [7, 11) is 1.79. The molecule has 1 N–H and O–H groups in total. The summed E-state index contributed by atoms with van der Waals surface area (Å²) in [5.41, 5.74) is 2.03. The Morgan fingerprint density at radius 2 is 2.00 bits per heavy atom. The van der Waals surface area contributed by atoms with Crippen LogP contribution in [0.15, 0.2) is 47.0 Å². The molecule has 0 radical (unpaired) electrons. The first-order valence-corrected chi connectivity index (χ1v) is 7.57. The zero-order valence-corrected chi connectivity index (χ0v) is 14.2. The molecule has 0 unspecified atom stereocenters. The Labute approximate surface area is 138 Å². The standard InChI is InChI=1S/C15H16BrClN4/c1-10(2)9-21(11-7-5-4-6-8-11)14-12(16)13(18-3)19-15(17)20-14/h4-8H,1,9H2,2-3H3,(H,18,19,20). The second-order valence-corrected chi connectivity index (χ2v) is 5.74. The quantitative estimate of drug-likeness (QED) is 0.617. The number of halogens is 2. The van der Waals surface area contributed by atoms with E-state index in [1.54, 1.807) is 7.05 Å². The third-order valence-electron chi connectivity index (χ3n) is 2.79. The molecule has 0 atom stereocenters. The van der Waals surface area contributed by atoms with E-state index in [0.717, 1.165) is 15.7 Å². The summed E-state index contributed by atoms with van der Waals surface area (Å²) >= 11 is 9.58. The Balaban J connectivity index is 2.56. The topological polar surface area (TPSA) is 41.1 Å². The smallest absolute Gasteiger partial charge is 0.226 e. The summed E-state index contributed by atoms with van der Waals surface area (Å²) in [4.78, 5) is 10.6. The number of aromatic nitrogens is 2. The van der Waals surface area contributed by atoms with Crippen molar-refractivity contribution >= 4 is 44.9 Å². The maximum Gasteiger partial charge on any atom is 0.226 e. The molecule has 1 aromatic carbocycles. The van der Waals surface area contributed by atoms with Gasteiger partial charge in [-0.3, -0.25) is 0 Å². The first-order valence-electron chi connectivity index (χ1n) is 6.40. The summed E-state index contributed by atoms with van der Waals surface area (Å²) in [5, 5.41) is 3.20. The van der Waals surface area contributed by atoms with Gasteiger partial charge >= 0.3 is 0 Å². The number of para-hydroxylation sites is 1. The number of rotatable bonds is 5. The van der Waals surface area contributed by atoms with Crippen LogP contribution in [0.5, 0.6) is 0 Å². The Bertz CT molecular complexity index is 646. The molecule has 21 heavy (non-hydrogen) atoms. The summed E-state index contributed by atoms with van der Waals surface area (Å²) in [6.45, 7) is 6.61. The third-order valence-corrected chi connectivity index (χ3v) is 3.69. The zero-order chi connectivity index (χ0) is 15.4. The van der Waals surface area contributed by atoms with Crippen molar-refractivity contribution in [3.8, 4) is 0 Å². The van der Waals surface area contributed by atoms with Crippen LogP contribution in [0.4, 0.5) is 17.3 Å². The van der Waals surface area contributed by atoms with Gasteiger partial charge in [0.1, 0.15) is 10.3 Å². The lowest BCUT2D eigenvalue weighted by Gasteiger charge is -2.25. The molecule has 6 heteroatoms. The minimum Gasteiger partial charge on any atom is -0.372 e. The van der Waals surface area contributed by atoms with Crippen LogP contribution in [-0.2, 0) is 0 Å². The second kappa shape index (κ2) is 6.91. The molecule has 0 spiro atoms. The molecule has 0 aliphatic rings. The highest BCUT2D eigenvalue weighted by molar-refractivity contribution is 9.10. The summed E-state index contributed by atoms with van der Waals surface area (Å²) < 4.78 is 0.763. The van der Waals surface area contributed by atoms with E-state index in [1.165, 1.54) is 0 Å². The SMILES string of the molecule is C=C(C)CN(c1ccccc1)c1nc(Cl)nc(NC)c1Br. The number of nitrogens with one attached hydrogen (secondary N) is 1. The fraction of sp³-hybridized carbons (Fsp3) is 0.200. The van der Waals surface area contributed by atoms with Crippen LogP contribution in [0.3, 0.4) is 0 Å². The zero-order valence-electron chi connectivity index (χ0n) is 11.9. The minimum absolute atomic E-state index is 0.195. The van der Waals surface area contributed by atoms with Crippen molar-refractivity contribution in [2.75, 3.05) is 23.8 Å². The number of benzene rings is 1. The molecule has 1 heterocycles. The highest BCUT2D eigenvalue weighted by Crippen LogP contribution is 2.35. The largest absolute Gasteiger partial charge is 0.372 e. The highest BCUT2D eigenvalue weighted by Gasteiger charge is 2.18. The first-order chi connectivity index (χ1) is 10.0. The lowest BCUT2D eigenvalue weighted by Crippen LogP contribution is -2.21. The van der Waals surface area contributed by atoms with E-state index in [0.29, 0.717) is 18.2 Å². The van der Waals surface area contributed by atoms with Crippen LogP contribution in [0, 0.1) is 0 Å². The maximum absolute atomic E-state index is 6.04. The third kappa shape index (κ3) is 3.74. The van der Waals surface area contributed by atoms with E-state index in [2.05, 4.69) is 37.8 Å². The molecule has 0 saturated carbocycles. The van der Waals surface area contributed by atoms with Gasteiger partial charge in [-0.2, -0.15) is 9.97 Å². The lowest BCUT2D eigenvalue weighted by atomic mass is 10.2. The first kappa shape index (κ1) is 15.8. The minimum atomic E-state index is 0.195. The molecule has 0 saturated heterocycles. The molecule has 0 aliphatic heterocycles. The molecular weight excluding hydrogens is 352 g/mol. The van der Waals surface area contributed by atoms with Crippen molar-refractivity contribution in [3.05, 3.63) is 52.2 Å². The van der Waals surface area contributed by atoms with Gasteiger partial charge < -0.3 is 10.2 Å². The molecule has 0 fully saturated rings. The molecule has 2 rings (SSSR count). The van der Waals surface area contributed by atoms with Gasteiger partial charge in [-0.25, -0.2) is 0 Å². The second-order valence-electron chi connectivity index (χ2n) is 4.61. The highest BCUT2D eigenvalue weighted by atomic mass is 79.9. The average molecular weight is 368 g/mol. The van der Waals surface area contributed by atoms with Crippen molar-refractivity contribution in [2.45, 2.75) is 6.92 Å². The molecule has 2 aromatic rings. The summed E-state index contributed by atoms with van der Waals surface area (Å²) in [6.07, 6.45) is 0. The van der Waals surface area contributed by atoms with Crippen molar-refractivity contribution in [1.82, 2.24) is 9.97 Å². The van der Waals surface area contributed by atoms with Crippen molar-refractivity contribution in [1.29, 1.82) is 0 Å². The van der Waals surface area contributed by atoms with Crippen molar-refractivity contribution in [3.63, 3.8) is 0 Å². The van der Waals surface area contributed by atoms with E-state index in [9.17, 15) is 0 Å². The summed E-state index contributed by atoms with van der Waals surface area (Å²) in [6, 6.07) is 9.98. The van der Waals surface area contributed by atoms with Gasteiger partial charge in [-0.05, 0) is 46.6 Å². The Morgan fingerprint density at radius 3 is 2.57 bits per heavy atom. The van der Waals surface area contributed by atoms with Crippen LogP contribution < -0.4 is 10.2 Å². The van der Waals surface area contributed by atoms with E-state index < -0.39 is 0 Å². The predicted octanol–water partition coefficient (Wildman–Crippen LogP) is 4.65. The van der Waals surface area contributed by atoms with Crippen LogP contribution in [0.1, 0.15) is 6.92 Å². The molecule has 4 nitrogen and oxygen atoms in total. The number of hydrogen-bond acceptors (Lipinski definition) is 4. The van der Waals surface area contributed by atoms with E-state index in [1.807, 2.05) is 42.2 Å². The van der Waals surface area contributed by atoms with Crippen LogP contribution in [0.2, 0.25) is 5.28 Å². The summed E-state index contributed by atoms with van der Waals surface area (Å²) in [5.74, 6) is 1.35. The van der Waals surface area contributed by atoms with Crippen LogP contribution >= 0.6 is 27.5 Å². The van der Waals surface area contributed by atoms with Crippen LogP contribution in [0.25, 0.3) is 0 Å². The average Bonchev–Trinajstić information content (AvgIpc) is 2.47. The molecular formula is C15H16BrClN4. The molecule has 0 amide bonds. The monoisotopic (exact) mass is 366 g/mol. The van der Waals surface area contributed by atoms with Gasteiger partial charge in [-0.15, -0.1) is 0 Å². The van der Waals surface area contributed by atoms with E-state index >= 15 is 0 Å².